The van der Waals surface area contributed by atoms with Crippen molar-refractivity contribution in [2.45, 2.75) is 49.6 Å². The lowest BCUT2D eigenvalue weighted by Gasteiger charge is -2.28. The van der Waals surface area contributed by atoms with Crippen molar-refractivity contribution < 1.29 is 18.3 Å². The number of nitrogens with one attached hydrogen (secondary N) is 1. The lowest BCUT2D eigenvalue weighted by Crippen LogP contribution is -2.45. The topological polar surface area (TPSA) is 83.5 Å². The van der Waals surface area contributed by atoms with E-state index in [1.807, 2.05) is 0 Å². The summed E-state index contributed by atoms with van der Waals surface area (Å²) in [5, 5.41) is 12.7. The Morgan fingerprint density at radius 3 is 2.57 bits per heavy atom. The molecule has 1 aromatic rings. The molecule has 1 aromatic carbocycles. The maximum absolute atomic E-state index is 12.3. The molecule has 1 fully saturated rings. The minimum Gasteiger partial charge on any atom is -0.391 e. The number of aryl methyl sites for hydroxylation is 1. The molecule has 21 heavy (non-hydrogen) atoms. The second-order valence-corrected chi connectivity index (χ2v) is 7.70. The van der Waals surface area contributed by atoms with Gasteiger partial charge in [-0.05, 0) is 37.5 Å². The summed E-state index contributed by atoms with van der Waals surface area (Å²) >= 11 is 0. The monoisotopic (exact) mass is 311 g/mol. The maximum atomic E-state index is 12.3. The highest BCUT2D eigenvalue weighted by atomic mass is 32.2. The van der Waals surface area contributed by atoms with Crippen LogP contribution in [0.4, 0.5) is 0 Å². The summed E-state index contributed by atoms with van der Waals surface area (Å²) in [7, 11) is -3.35. The van der Waals surface area contributed by atoms with Gasteiger partial charge in [-0.25, -0.2) is 8.42 Å². The van der Waals surface area contributed by atoms with E-state index >= 15 is 0 Å². The predicted octanol–water partition coefficient (Wildman–Crippen LogP) is 1.43. The molecule has 6 heteroatoms. The summed E-state index contributed by atoms with van der Waals surface area (Å²) in [6, 6.07) is 4.27. The van der Waals surface area contributed by atoms with Crippen LogP contribution in [0.25, 0.3) is 0 Å². The molecule has 1 aliphatic rings. The first-order valence-corrected chi connectivity index (χ1v) is 8.98. The average Bonchev–Trinajstić information content (AvgIpc) is 2.40. The van der Waals surface area contributed by atoms with E-state index < -0.39 is 15.9 Å². The summed E-state index contributed by atoms with van der Waals surface area (Å²) in [6.45, 7) is 1.76. The fraction of sp³-hybridized carbons (Fsp3) is 0.533. The summed E-state index contributed by atoms with van der Waals surface area (Å²) < 4.78 is 23.2. The number of carbonyl (C=O) groups is 1. The maximum Gasteiger partial charge on any atom is 0.251 e. The Bertz CT molecular complexity index is 639. The quantitative estimate of drug-likeness (QED) is 0.884. The van der Waals surface area contributed by atoms with Crippen molar-refractivity contribution in [2.24, 2.45) is 0 Å². The van der Waals surface area contributed by atoms with E-state index in [1.165, 1.54) is 12.1 Å². The number of hydrogen-bond acceptors (Lipinski definition) is 4. The summed E-state index contributed by atoms with van der Waals surface area (Å²) in [5.74, 6) is -0.330. The number of benzene rings is 1. The molecule has 0 saturated heterocycles. The molecule has 5 nitrogen and oxygen atoms in total. The smallest absolute Gasteiger partial charge is 0.251 e. The zero-order chi connectivity index (χ0) is 15.6. The van der Waals surface area contributed by atoms with Crippen molar-refractivity contribution >= 4 is 15.7 Å². The van der Waals surface area contributed by atoms with Crippen molar-refractivity contribution in [1.82, 2.24) is 5.32 Å². The Morgan fingerprint density at radius 2 is 1.95 bits per heavy atom. The molecule has 0 aliphatic heterocycles. The highest BCUT2D eigenvalue weighted by Gasteiger charge is 2.25. The van der Waals surface area contributed by atoms with Crippen LogP contribution in [0, 0.1) is 6.92 Å². The van der Waals surface area contributed by atoms with Crippen molar-refractivity contribution in [3.05, 3.63) is 29.3 Å². The fourth-order valence-electron chi connectivity index (χ4n) is 2.60. The molecule has 2 atom stereocenters. The van der Waals surface area contributed by atoms with Gasteiger partial charge in [0, 0.05) is 11.8 Å². The van der Waals surface area contributed by atoms with E-state index in [0.29, 0.717) is 17.5 Å². The van der Waals surface area contributed by atoms with Crippen LogP contribution in [0.5, 0.6) is 0 Å². The Kier molecular flexibility index (Phi) is 4.68. The second kappa shape index (κ2) is 6.15. The first-order valence-electron chi connectivity index (χ1n) is 7.08. The number of aliphatic hydroxyl groups is 1. The van der Waals surface area contributed by atoms with Gasteiger partial charge in [-0.1, -0.05) is 18.9 Å². The Balaban J connectivity index is 2.22. The van der Waals surface area contributed by atoms with Crippen LogP contribution in [0.15, 0.2) is 23.1 Å². The van der Waals surface area contributed by atoms with Crippen LogP contribution >= 0.6 is 0 Å². The summed E-state index contributed by atoms with van der Waals surface area (Å²) in [4.78, 5) is 12.5. The molecule has 0 unspecified atom stereocenters. The van der Waals surface area contributed by atoms with Gasteiger partial charge in [0.15, 0.2) is 9.84 Å². The largest absolute Gasteiger partial charge is 0.391 e. The van der Waals surface area contributed by atoms with Crippen molar-refractivity contribution in [1.29, 1.82) is 0 Å². The van der Waals surface area contributed by atoms with Gasteiger partial charge in [-0.2, -0.15) is 0 Å². The van der Waals surface area contributed by atoms with Crippen molar-refractivity contribution in [3.8, 4) is 0 Å². The zero-order valence-electron chi connectivity index (χ0n) is 12.3. The van der Waals surface area contributed by atoms with Crippen LogP contribution in [-0.2, 0) is 9.84 Å². The molecule has 2 rings (SSSR count). The highest BCUT2D eigenvalue weighted by molar-refractivity contribution is 7.90. The minimum atomic E-state index is -3.35. The van der Waals surface area contributed by atoms with Crippen LogP contribution in [0.2, 0.25) is 0 Å². The third kappa shape index (κ3) is 3.83. The number of rotatable bonds is 3. The van der Waals surface area contributed by atoms with E-state index in [-0.39, 0.29) is 16.8 Å². The number of carbonyl (C=O) groups excluding carboxylic acids is 1. The van der Waals surface area contributed by atoms with E-state index in [4.69, 9.17) is 0 Å². The first kappa shape index (κ1) is 16.0. The molecule has 1 saturated carbocycles. The SMILES string of the molecule is Cc1ccc(S(C)(=O)=O)cc1C(=O)N[C@H]1CCCC[C@@H]1O. The van der Waals surface area contributed by atoms with Gasteiger partial charge in [-0.15, -0.1) is 0 Å². The van der Waals surface area contributed by atoms with Gasteiger partial charge in [0.05, 0.1) is 17.0 Å². The molecule has 0 spiro atoms. The van der Waals surface area contributed by atoms with Gasteiger partial charge in [-0.3, -0.25) is 4.79 Å². The average molecular weight is 311 g/mol. The minimum absolute atomic E-state index is 0.127. The number of hydrogen-bond donors (Lipinski definition) is 2. The molecule has 0 heterocycles. The van der Waals surface area contributed by atoms with E-state index in [1.54, 1.807) is 13.0 Å². The fourth-order valence-corrected chi connectivity index (χ4v) is 3.25. The van der Waals surface area contributed by atoms with Gasteiger partial charge in [0.1, 0.15) is 0 Å². The first-order chi connectivity index (χ1) is 9.79. The highest BCUT2D eigenvalue weighted by Crippen LogP contribution is 2.20. The molecule has 116 valence electrons. The van der Waals surface area contributed by atoms with Crippen LogP contribution in [0.1, 0.15) is 41.6 Å². The lowest BCUT2D eigenvalue weighted by molar-refractivity contribution is 0.0716. The third-order valence-electron chi connectivity index (χ3n) is 3.93. The molecule has 0 bridgehead atoms. The summed E-state index contributed by atoms with van der Waals surface area (Å²) in [5.41, 5.74) is 1.06. The Morgan fingerprint density at radius 1 is 1.29 bits per heavy atom. The van der Waals surface area contributed by atoms with Gasteiger partial charge in [0.2, 0.25) is 0 Å². The molecular formula is C15H21NO4S. The van der Waals surface area contributed by atoms with Crippen LogP contribution < -0.4 is 5.32 Å². The molecule has 2 N–H and O–H groups in total. The molecular weight excluding hydrogens is 290 g/mol. The number of amides is 1. The molecule has 0 aromatic heterocycles. The zero-order valence-corrected chi connectivity index (χ0v) is 13.1. The third-order valence-corrected chi connectivity index (χ3v) is 5.04. The van der Waals surface area contributed by atoms with Gasteiger partial charge >= 0.3 is 0 Å². The number of aliphatic hydroxyl groups excluding tert-OH is 1. The van der Waals surface area contributed by atoms with Crippen molar-refractivity contribution in [2.75, 3.05) is 6.26 Å². The predicted molar refractivity (Wildman–Crippen MR) is 80.0 cm³/mol. The normalized spacial score (nSPS) is 22.8. The molecule has 0 radical (unpaired) electrons. The second-order valence-electron chi connectivity index (χ2n) is 5.68. The Hall–Kier alpha value is -1.40. The van der Waals surface area contributed by atoms with Gasteiger partial charge < -0.3 is 10.4 Å². The standard InChI is InChI=1S/C15H21NO4S/c1-10-7-8-11(21(2,19)20)9-12(10)15(18)16-13-5-3-4-6-14(13)17/h7-9,13-14,17H,3-6H2,1-2H3,(H,16,18)/t13-,14-/m0/s1. The summed E-state index contributed by atoms with van der Waals surface area (Å²) in [6.07, 6.45) is 3.97. The van der Waals surface area contributed by atoms with Gasteiger partial charge in [0.25, 0.3) is 5.91 Å². The van der Waals surface area contributed by atoms with Crippen molar-refractivity contribution in [3.63, 3.8) is 0 Å². The Labute approximate surface area is 125 Å². The lowest BCUT2D eigenvalue weighted by atomic mass is 9.92. The van der Waals surface area contributed by atoms with E-state index in [0.717, 1.165) is 25.5 Å². The van der Waals surface area contributed by atoms with E-state index in [9.17, 15) is 18.3 Å². The molecule has 1 amide bonds. The van der Waals surface area contributed by atoms with E-state index in [2.05, 4.69) is 5.32 Å². The molecule has 1 aliphatic carbocycles. The number of sulfone groups is 1. The van der Waals surface area contributed by atoms with Crippen LogP contribution in [0.3, 0.4) is 0 Å². The van der Waals surface area contributed by atoms with Crippen LogP contribution in [-0.4, -0.2) is 37.8 Å².